The van der Waals surface area contributed by atoms with Crippen LogP contribution in [0.5, 0.6) is 0 Å². The standard InChI is InChI=1S/C18H24O4/c1-6-11-16(2,3)15(20)9-8-17(11,4)14-13-10(7-12(19)21-13)22-18(9,14)5/h6,9-11,13-14H,1,7-8H2,2-5H3/t9-,10+,11?,13-,14?,17+,18+/m0/s1. The maximum Gasteiger partial charge on any atom is 0.308 e. The number of ketones is 1. The van der Waals surface area contributed by atoms with E-state index in [-0.39, 0.29) is 47.1 Å². The first-order chi connectivity index (χ1) is 10.2. The molecule has 0 aromatic heterocycles. The third-order valence-corrected chi connectivity index (χ3v) is 7.07. The van der Waals surface area contributed by atoms with Crippen molar-refractivity contribution in [1.82, 2.24) is 0 Å². The van der Waals surface area contributed by atoms with Gasteiger partial charge in [-0.05, 0) is 24.7 Å². The number of Topliss-reactive ketones (excluding diaryl/α,β-unsaturated/α-hetero) is 1. The third kappa shape index (κ3) is 1.34. The number of carbonyl (C=O) groups excluding carboxylic acids is 2. The van der Waals surface area contributed by atoms with Gasteiger partial charge in [-0.25, -0.2) is 0 Å². The lowest BCUT2D eigenvalue weighted by Gasteiger charge is -2.48. The average molecular weight is 304 g/mol. The van der Waals surface area contributed by atoms with Crippen LogP contribution in [0.2, 0.25) is 0 Å². The molecular formula is C18H24O4. The molecule has 2 aliphatic heterocycles. The van der Waals surface area contributed by atoms with Crippen LogP contribution < -0.4 is 0 Å². The first kappa shape index (κ1) is 14.4. The number of carbonyl (C=O) groups is 2. The van der Waals surface area contributed by atoms with E-state index in [1.54, 1.807) is 0 Å². The normalized spacial score (nSPS) is 54.8. The number of hydrogen-bond donors (Lipinski definition) is 0. The summed E-state index contributed by atoms with van der Waals surface area (Å²) in [6.45, 7) is 12.3. The predicted octanol–water partition coefficient (Wildman–Crippen LogP) is 2.51. The van der Waals surface area contributed by atoms with Crippen molar-refractivity contribution in [2.24, 2.45) is 28.6 Å². The summed E-state index contributed by atoms with van der Waals surface area (Å²) in [6.07, 6.45) is 2.65. The fourth-order valence-electron chi connectivity index (χ4n) is 6.44. The summed E-state index contributed by atoms with van der Waals surface area (Å²) in [5.74, 6) is 0.111. The fourth-order valence-corrected chi connectivity index (χ4v) is 6.44. The molecule has 0 spiro atoms. The van der Waals surface area contributed by atoms with E-state index in [0.29, 0.717) is 6.42 Å². The van der Waals surface area contributed by atoms with E-state index in [0.717, 1.165) is 6.42 Å². The Morgan fingerprint density at radius 3 is 2.55 bits per heavy atom. The van der Waals surface area contributed by atoms with Crippen molar-refractivity contribution < 1.29 is 19.1 Å². The van der Waals surface area contributed by atoms with E-state index in [2.05, 4.69) is 20.4 Å². The zero-order chi connectivity index (χ0) is 16.1. The topological polar surface area (TPSA) is 52.6 Å². The largest absolute Gasteiger partial charge is 0.459 e. The van der Waals surface area contributed by atoms with Crippen molar-refractivity contribution >= 4 is 11.8 Å². The van der Waals surface area contributed by atoms with Crippen LogP contribution in [0.4, 0.5) is 0 Å². The Morgan fingerprint density at radius 2 is 1.91 bits per heavy atom. The zero-order valence-electron chi connectivity index (χ0n) is 13.7. The maximum absolute atomic E-state index is 13.1. The van der Waals surface area contributed by atoms with Crippen LogP contribution in [0.1, 0.15) is 40.5 Å². The molecule has 22 heavy (non-hydrogen) atoms. The molecule has 2 bridgehead atoms. The van der Waals surface area contributed by atoms with E-state index in [9.17, 15) is 9.59 Å². The highest BCUT2D eigenvalue weighted by Gasteiger charge is 2.76. The van der Waals surface area contributed by atoms with Crippen molar-refractivity contribution in [1.29, 1.82) is 0 Å². The number of rotatable bonds is 1. The summed E-state index contributed by atoms with van der Waals surface area (Å²) in [5.41, 5.74) is -1.09. The third-order valence-electron chi connectivity index (χ3n) is 7.07. The van der Waals surface area contributed by atoms with Gasteiger partial charge in [-0.15, -0.1) is 6.58 Å². The fraction of sp³-hybridized carbons (Fsp3) is 0.778. The lowest BCUT2D eigenvalue weighted by Crippen LogP contribution is -2.50. The Kier molecular flexibility index (Phi) is 2.52. The monoisotopic (exact) mass is 304 g/mol. The SMILES string of the molecule is C=CC1C(C)(C)C(=O)[C@@H]2C[C@@]1(C)C1[C@H]3OC(=O)C[C@H]3O[C@@]12C. The number of esters is 1. The van der Waals surface area contributed by atoms with Crippen LogP contribution in [0.25, 0.3) is 0 Å². The smallest absolute Gasteiger partial charge is 0.308 e. The molecule has 2 saturated heterocycles. The molecule has 2 aliphatic carbocycles. The lowest BCUT2D eigenvalue weighted by atomic mass is 9.54. The maximum atomic E-state index is 13.1. The number of hydrogen-bond acceptors (Lipinski definition) is 4. The second kappa shape index (κ2) is 3.84. The Hall–Kier alpha value is -1.16. The molecule has 2 heterocycles. The molecule has 0 radical (unpaired) electrons. The summed E-state index contributed by atoms with van der Waals surface area (Å²) < 4.78 is 11.9. The molecule has 2 unspecified atom stereocenters. The molecule has 4 fully saturated rings. The minimum atomic E-state index is -0.517. The molecule has 4 nitrogen and oxygen atoms in total. The summed E-state index contributed by atoms with van der Waals surface area (Å²) >= 11 is 0. The quantitative estimate of drug-likeness (QED) is 0.552. The van der Waals surface area contributed by atoms with Crippen LogP contribution >= 0.6 is 0 Å². The van der Waals surface area contributed by atoms with Gasteiger partial charge in [0.15, 0.2) is 0 Å². The van der Waals surface area contributed by atoms with Gasteiger partial charge in [-0.3, -0.25) is 9.59 Å². The Bertz CT molecular complexity index is 594. The van der Waals surface area contributed by atoms with Crippen molar-refractivity contribution in [3.63, 3.8) is 0 Å². The Labute approximate surface area is 131 Å². The summed E-state index contributed by atoms with van der Waals surface area (Å²) in [6, 6.07) is 0. The summed E-state index contributed by atoms with van der Waals surface area (Å²) in [5, 5.41) is 0. The zero-order valence-corrected chi connectivity index (χ0v) is 13.7. The highest BCUT2D eigenvalue weighted by atomic mass is 16.6. The second-order valence-corrected chi connectivity index (χ2v) is 8.54. The van der Waals surface area contributed by atoms with Gasteiger partial charge in [0.1, 0.15) is 18.0 Å². The van der Waals surface area contributed by atoms with Crippen molar-refractivity contribution in [2.75, 3.05) is 0 Å². The van der Waals surface area contributed by atoms with E-state index in [1.807, 2.05) is 19.9 Å². The molecular weight excluding hydrogens is 280 g/mol. The van der Waals surface area contributed by atoms with Crippen LogP contribution in [0.3, 0.4) is 0 Å². The Morgan fingerprint density at radius 1 is 1.23 bits per heavy atom. The van der Waals surface area contributed by atoms with Crippen LogP contribution in [-0.2, 0) is 19.1 Å². The highest BCUT2D eigenvalue weighted by Crippen LogP contribution is 2.70. The molecule has 4 heteroatoms. The molecule has 0 aromatic carbocycles. The van der Waals surface area contributed by atoms with Crippen LogP contribution in [0.15, 0.2) is 12.7 Å². The number of allylic oxidation sites excluding steroid dienone is 1. The van der Waals surface area contributed by atoms with Crippen LogP contribution in [0, 0.1) is 28.6 Å². The van der Waals surface area contributed by atoms with Gasteiger partial charge in [0.2, 0.25) is 0 Å². The molecule has 0 N–H and O–H groups in total. The molecule has 7 atom stereocenters. The molecule has 0 amide bonds. The average Bonchev–Trinajstić information content (AvgIpc) is 2.92. The molecule has 120 valence electrons. The van der Waals surface area contributed by atoms with Gasteiger partial charge >= 0.3 is 5.97 Å². The van der Waals surface area contributed by atoms with E-state index in [4.69, 9.17) is 9.47 Å². The van der Waals surface area contributed by atoms with Crippen LogP contribution in [-0.4, -0.2) is 29.6 Å². The molecule has 0 aromatic rings. The highest BCUT2D eigenvalue weighted by molar-refractivity contribution is 5.90. The van der Waals surface area contributed by atoms with Gasteiger partial charge in [-0.2, -0.15) is 0 Å². The van der Waals surface area contributed by atoms with Gasteiger partial charge in [0.05, 0.1) is 12.0 Å². The van der Waals surface area contributed by atoms with E-state index >= 15 is 0 Å². The minimum absolute atomic E-state index is 0.0650. The first-order valence-electron chi connectivity index (χ1n) is 8.20. The summed E-state index contributed by atoms with van der Waals surface area (Å²) in [4.78, 5) is 24.8. The van der Waals surface area contributed by atoms with Gasteiger partial charge in [0, 0.05) is 17.3 Å². The molecule has 4 aliphatic rings. The molecule has 2 saturated carbocycles. The van der Waals surface area contributed by atoms with Crippen molar-refractivity contribution in [3.8, 4) is 0 Å². The van der Waals surface area contributed by atoms with Gasteiger partial charge in [0.25, 0.3) is 0 Å². The number of fused-ring (bicyclic) bond motifs is 7. The lowest BCUT2D eigenvalue weighted by molar-refractivity contribution is -0.148. The number of ether oxygens (including phenoxy) is 2. The molecule has 4 rings (SSSR count). The second-order valence-electron chi connectivity index (χ2n) is 8.54. The van der Waals surface area contributed by atoms with E-state index in [1.165, 1.54) is 0 Å². The first-order valence-corrected chi connectivity index (χ1v) is 8.20. The van der Waals surface area contributed by atoms with Crippen molar-refractivity contribution in [3.05, 3.63) is 12.7 Å². The van der Waals surface area contributed by atoms with Gasteiger partial charge < -0.3 is 9.47 Å². The summed E-state index contributed by atoms with van der Waals surface area (Å²) in [7, 11) is 0. The minimum Gasteiger partial charge on any atom is -0.459 e. The Balaban J connectivity index is 1.88. The van der Waals surface area contributed by atoms with E-state index < -0.39 is 11.0 Å². The van der Waals surface area contributed by atoms with Crippen molar-refractivity contribution in [2.45, 2.75) is 58.3 Å². The van der Waals surface area contributed by atoms with Gasteiger partial charge in [-0.1, -0.05) is 26.8 Å². The predicted molar refractivity (Wildman–Crippen MR) is 80.0 cm³/mol.